The van der Waals surface area contributed by atoms with Gasteiger partial charge in [-0.25, -0.2) is 9.18 Å². The van der Waals surface area contributed by atoms with Crippen molar-refractivity contribution in [3.8, 4) is 5.69 Å². The maximum Gasteiger partial charge on any atom is 0.325 e. The van der Waals surface area contributed by atoms with Gasteiger partial charge in [0, 0.05) is 29.6 Å². The minimum absolute atomic E-state index is 0.189. The molecule has 2 heterocycles. The Balaban J connectivity index is 1.71. The summed E-state index contributed by atoms with van der Waals surface area (Å²) in [6.45, 7) is 2.05. The molecule has 0 radical (unpaired) electrons. The Labute approximate surface area is 175 Å². The van der Waals surface area contributed by atoms with Crippen LogP contribution >= 0.6 is 11.8 Å². The van der Waals surface area contributed by atoms with Gasteiger partial charge < -0.3 is 4.98 Å². The van der Waals surface area contributed by atoms with Crippen molar-refractivity contribution in [2.75, 3.05) is 0 Å². The van der Waals surface area contributed by atoms with Crippen molar-refractivity contribution < 1.29 is 4.39 Å². The van der Waals surface area contributed by atoms with Crippen LogP contribution in [-0.4, -0.2) is 24.7 Å². The number of aromatic amines is 2. The van der Waals surface area contributed by atoms with Gasteiger partial charge in [-0.05, 0) is 42.3 Å². The number of H-pyrrole nitrogens is 2. The average Bonchev–Trinajstić information content (AvgIpc) is 3.09. The van der Waals surface area contributed by atoms with Gasteiger partial charge >= 0.3 is 5.69 Å². The topological polar surface area (TPSA) is 96.4 Å². The van der Waals surface area contributed by atoms with E-state index in [0.29, 0.717) is 28.1 Å². The van der Waals surface area contributed by atoms with Gasteiger partial charge in [0.05, 0.1) is 0 Å². The molecule has 0 unspecified atom stereocenters. The zero-order valence-electron chi connectivity index (χ0n) is 16.1. The fourth-order valence-corrected chi connectivity index (χ4v) is 4.10. The molecule has 152 valence electrons. The Morgan fingerprint density at radius 2 is 1.80 bits per heavy atom. The molecule has 4 rings (SSSR count). The molecule has 30 heavy (non-hydrogen) atoms. The normalized spacial score (nSPS) is 11.0. The van der Waals surface area contributed by atoms with E-state index >= 15 is 0 Å². The van der Waals surface area contributed by atoms with Crippen molar-refractivity contribution in [1.82, 2.24) is 24.7 Å². The number of thioether (sulfide) groups is 1. The third kappa shape index (κ3) is 4.41. The van der Waals surface area contributed by atoms with Gasteiger partial charge in [-0.2, -0.15) is 0 Å². The van der Waals surface area contributed by atoms with Crippen LogP contribution in [0.3, 0.4) is 0 Å². The standard InChI is InChI=1S/C21H18FN5O2S/c1-13-4-2-3-5-14(13)12-30-21-26-25-18(10-16-11-19(28)24-20(29)23-16)27(21)17-8-6-15(22)7-9-17/h2-9,11H,10,12H2,1H3,(H2,23,24,28,29). The van der Waals surface area contributed by atoms with E-state index in [1.165, 1.54) is 41.1 Å². The number of benzene rings is 2. The lowest BCUT2D eigenvalue weighted by molar-refractivity contribution is 0.627. The first kappa shape index (κ1) is 19.8. The number of halogens is 1. The molecule has 0 aliphatic carbocycles. The van der Waals surface area contributed by atoms with Gasteiger partial charge in [0.1, 0.15) is 11.6 Å². The number of aromatic nitrogens is 5. The molecule has 2 N–H and O–H groups in total. The Morgan fingerprint density at radius 1 is 1.03 bits per heavy atom. The van der Waals surface area contributed by atoms with Crippen LogP contribution in [0.15, 0.2) is 69.3 Å². The van der Waals surface area contributed by atoms with Crippen LogP contribution in [0.1, 0.15) is 22.6 Å². The molecule has 0 aliphatic rings. The monoisotopic (exact) mass is 423 g/mol. The second kappa shape index (κ2) is 8.50. The smallest absolute Gasteiger partial charge is 0.311 e. The largest absolute Gasteiger partial charge is 0.325 e. The van der Waals surface area contributed by atoms with Crippen LogP contribution in [0.5, 0.6) is 0 Å². The highest BCUT2D eigenvalue weighted by Gasteiger charge is 2.16. The highest BCUT2D eigenvalue weighted by atomic mass is 32.2. The Bertz CT molecular complexity index is 1270. The van der Waals surface area contributed by atoms with Crippen LogP contribution < -0.4 is 11.2 Å². The fourth-order valence-electron chi connectivity index (χ4n) is 3.06. The number of nitrogens with one attached hydrogen (secondary N) is 2. The van der Waals surface area contributed by atoms with Crippen molar-refractivity contribution in [3.63, 3.8) is 0 Å². The maximum absolute atomic E-state index is 13.5. The third-order valence-corrected chi connectivity index (χ3v) is 5.55. The first-order valence-corrected chi connectivity index (χ1v) is 10.2. The fraction of sp³-hybridized carbons (Fsp3) is 0.143. The number of nitrogens with zero attached hydrogens (tertiary/aromatic N) is 3. The molecule has 0 fully saturated rings. The third-order valence-electron chi connectivity index (χ3n) is 4.57. The van der Waals surface area contributed by atoms with E-state index in [-0.39, 0.29) is 12.2 Å². The van der Waals surface area contributed by atoms with Crippen LogP contribution in [0.4, 0.5) is 4.39 Å². The summed E-state index contributed by atoms with van der Waals surface area (Å²) in [4.78, 5) is 28.0. The quantitative estimate of drug-likeness (QED) is 0.465. The van der Waals surface area contributed by atoms with Crippen molar-refractivity contribution in [2.24, 2.45) is 0 Å². The Kier molecular flexibility index (Phi) is 5.62. The summed E-state index contributed by atoms with van der Waals surface area (Å²) in [6.07, 6.45) is 0.189. The van der Waals surface area contributed by atoms with Crippen LogP contribution in [0.25, 0.3) is 5.69 Å². The molecule has 0 amide bonds. The van der Waals surface area contributed by atoms with Crippen LogP contribution in [0, 0.1) is 12.7 Å². The van der Waals surface area contributed by atoms with Crippen molar-refractivity contribution >= 4 is 11.8 Å². The molecule has 0 spiro atoms. The van der Waals surface area contributed by atoms with E-state index in [2.05, 4.69) is 39.2 Å². The molecule has 0 saturated heterocycles. The average molecular weight is 423 g/mol. The van der Waals surface area contributed by atoms with Crippen LogP contribution in [0.2, 0.25) is 0 Å². The number of hydrogen-bond donors (Lipinski definition) is 2. The molecule has 2 aromatic heterocycles. The Hall–Kier alpha value is -3.46. The molecular formula is C21H18FN5O2S. The van der Waals surface area contributed by atoms with Gasteiger partial charge in [-0.1, -0.05) is 36.0 Å². The zero-order chi connectivity index (χ0) is 21.1. The lowest BCUT2D eigenvalue weighted by Gasteiger charge is -2.11. The number of rotatable bonds is 6. The van der Waals surface area contributed by atoms with E-state index < -0.39 is 11.2 Å². The van der Waals surface area contributed by atoms with Crippen molar-refractivity contribution in [3.05, 3.63) is 104 Å². The van der Waals surface area contributed by atoms with Gasteiger partial charge in [0.15, 0.2) is 5.16 Å². The van der Waals surface area contributed by atoms with E-state index in [1.54, 1.807) is 12.1 Å². The first-order chi connectivity index (χ1) is 14.5. The lowest BCUT2D eigenvalue weighted by atomic mass is 10.1. The summed E-state index contributed by atoms with van der Waals surface area (Å²) in [7, 11) is 0. The van der Waals surface area contributed by atoms with Gasteiger partial charge in [0.2, 0.25) is 0 Å². The first-order valence-electron chi connectivity index (χ1n) is 9.19. The summed E-state index contributed by atoms with van der Waals surface area (Å²) >= 11 is 1.51. The maximum atomic E-state index is 13.5. The Morgan fingerprint density at radius 3 is 2.53 bits per heavy atom. The SMILES string of the molecule is Cc1ccccc1CSc1nnc(Cc2cc(=O)[nH]c(=O)[nH]2)n1-c1ccc(F)cc1. The second-order valence-corrected chi connectivity index (χ2v) is 7.66. The summed E-state index contributed by atoms with van der Waals surface area (Å²) in [5.41, 5.74) is 2.39. The lowest BCUT2D eigenvalue weighted by Crippen LogP contribution is -2.23. The molecule has 9 heteroatoms. The summed E-state index contributed by atoms with van der Waals surface area (Å²) < 4.78 is 15.3. The van der Waals surface area contributed by atoms with Crippen LogP contribution in [-0.2, 0) is 12.2 Å². The molecular weight excluding hydrogens is 405 g/mol. The molecule has 0 saturated carbocycles. The van der Waals surface area contributed by atoms with E-state index in [0.717, 1.165) is 0 Å². The van der Waals surface area contributed by atoms with E-state index in [1.807, 2.05) is 16.7 Å². The number of aryl methyl sites for hydroxylation is 1. The highest BCUT2D eigenvalue weighted by molar-refractivity contribution is 7.98. The molecule has 0 atom stereocenters. The van der Waals surface area contributed by atoms with Crippen molar-refractivity contribution in [1.29, 1.82) is 0 Å². The van der Waals surface area contributed by atoms with E-state index in [4.69, 9.17) is 0 Å². The minimum Gasteiger partial charge on any atom is -0.311 e. The summed E-state index contributed by atoms with van der Waals surface area (Å²) in [5.74, 6) is 0.866. The summed E-state index contributed by atoms with van der Waals surface area (Å²) in [6, 6.07) is 15.4. The zero-order valence-corrected chi connectivity index (χ0v) is 16.9. The van der Waals surface area contributed by atoms with Gasteiger partial charge in [-0.15, -0.1) is 10.2 Å². The number of hydrogen-bond acceptors (Lipinski definition) is 5. The predicted molar refractivity (Wildman–Crippen MR) is 113 cm³/mol. The second-order valence-electron chi connectivity index (χ2n) is 6.72. The van der Waals surface area contributed by atoms with Gasteiger partial charge in [0.25, 0.3) is 5.56 Å². The highest BCUT2D eigenvalue weighted by Crippen LogP contribution is 2.27. The van der Waals surface area contributed by atoms with E-state index in [9.17, 15) is 14.0 Å². The minimum atomic E-state index is -0.584. The molecule has 2 aromatic carbocycles. The molecule has 7 nitrogen and oxygen atoms in total. The molecule has 4 aromatic rings. The van der Waals surface area contributed by atoms with Crippen molar-refractivity contribution in [2.45, 2.75) is 24.3 Å². The predicted octanol–water partition coefficient (Wildman–Crippen LogP) is 2.97. The summed E-state index contributed by atoms with van der Waals surface area (Å²) in [5, 5.41) is 9.20. The van der Waals surface area contributed by atoms with Gasteiger partial charge in [-0.3, -0.25) is 14.3 Å². The molecule has 0 bridgehead atoms. The molecule has 0 aliphatic heterocycles.